The van der Waals surface area contributed by atoms with E-state index in [0.29, 0.717) is 17.9 Å². The Hall–Kier alpha value is -1.78. The van der Waals surface area contributed by atoms with E-state index < -0.39 is 0 Å². The van der Waals surface area contributed by atoms with Gasteiger partial charge in [0.1, 0.15) is 5.69 Å². The fraction of sp³-hybridized carbons (Fsp3) is 0.455. The van der Waals surface area contributed by atoms with Crippen LogP contribution >= 0.6 is 0 Å². The van der Waals surface area contributed by atoms with Crippen LogP contribution in [-0.2, 0) is 13.5 Å². The minimum absolute atomic E-state index is 0.132. The average Bonchev–Trinajstić information content (AvgIpc) is 2.53. The first-order valence-corrected chi connectivity index (χ1v) is 5.20. The first-order chi connectivity index (χ1) is 7.52. The molecule has 16 heavy (non-hydrogen) atoms. The fourth-order valence-corrected chi connectivity index (χ4v) is 1.57. The molecule has 0 bridgehead atoms. The van der Waals surface area contributed by atoms with Crippen LogP contribution < -0.4 is 5.73 Å². The Kier molecular flexibility index (Phi) is 3.71. The Bertz CT molecular complexity index is 408. The predicted molar refractivity (Wildman–Crippen MR) is 64.2 cm³/mol. The number of hydrogen-bond donors (Lipinski definition) is 1. The number of nitrogens with zero attached hydrogens (tertiary/aromatic N) is 3. The average molecular weight is 222 g/mol. The van der Waals surface area contributed by atoms with E-state index in [2.05, 4.69) is 11.7 Å². The summed E-state index contributed by atoms with van der Waals surface area (Å²) < 4.78 is 1.54. The molecule has 0 radical (unpaired) electrons. The van der Waals surface area contributed by atoms with Crippen LogP contribution in [0.3, 0.4) is 0 Å². The third-order valence-corrected chi connectivity index (χ3v) is 2.45. The lowest BCUT2D eigenvalue weighted by molar-refractivity contribution is 0.0800. The van der Waals surface area contributed by atoms with Crippen molar-refractivity contribution in [3.63, 3.8) is 0 Å². The topological polar surface area (TPSA) is 64.2 Å². The van der Waals surface area contributed by atoms with Gasteiger partial charge in [-0.1, -0.05) is 13.0 Å². The summed E-state index contributed by atoms with van der Waals surface area (Å²) in [6.45, 7) is 6.05. The second kappa shape index (κ2) is 4.83. The smallest absolute Gasteiger partial charge is 0.274 e. The first-order valence-electron chi connectivity index (χ1n) is 5.20. The van der Waals surface area contributed by atoms with Crippen LogP contribution in [0.5, 0.6) is 0 Å². The van der Waals surface area contributed by atoms with Gasteiger partial charge in [-0.15, -0.1) is 6.58 Å². The van der Waals surface area contributed by atoms with E-state index >= 15 is 0 Å². The third kappa shape index (κ3) is 2.08. The summed E-state index contributed by atoms with van der Waals surface area (Å²) >= 11 is 0. The van der Waals surface area contributed by atoms with Gasteiger partial charge in [-0.2, -0.15) is 5.10 Å². The second-order valence-electron chi connectivity index (χ2n) is 3.66. The van der Waals surface area contributed by atoms with Gasteiger partial charge in [0.25, 0.3) is 5.91 Å². The molecule has 0 saturated heterocycles. The Balaban J connectivity index is 3.08. The lowest BCUT2D eigenvalue weighted by atomic mass is 10.2. The normalized spacial score (nSPS) is 10.2. The number of nitrogen functional groups attached to an aromatic ring is 1. The molecule has 1 amide bonds. The number of rotatable bonds is 4. The van der Waals surface area contributed by atoms with Gasteiger partial charge in [0.05, 0.1) is 11.4 Å². The van der Waals surface area contributed by atoms with Gasteiger partial charge in [0.15, 0.2) is 0 Å². The van der Waals surface area contributed by atoms with Gasteiger partial charge < -0.3 is 10.6 Å². The van der Waals surface area contributed by atoms with Crippen molar-refractivity contribution in [2.45, 2.75) is 13.3 Å². The highest BCUT2D eigenvalue weighted by Gasteiger charge is 2.21. The van der Waals surface area contributed by atoms with Crippen molar-refractivity contribution in [2.24, 2.45) is 7.05 Å². The lowest BCUT2D eigenvalue weighted by Crippen LogP contribution is -2.29. The highest BCUT2D eigenvalue weighted by molar-refractivity contribution is 5.97. The van der Waals surface area contributed by atoms with Crippen LogP contribution in [0, 0.1) is 0 Å². The van der Waals surface area contributed by atoms with Crippen LogP contribution in [0.1, 0.15) is 23.1 Å². The number of carbonyl (C=O) groups is 1. The summed E-state index contributed by atoms with van der Waals surface area (Å²) in [5, 5.41) is 4.21. The zero-order chi connectivity index (χ0) is 12.3. The van der Waals surface area contributed by atoms with Crippen LogP contribution in [0.4, 0.5) is 5.69 Å². The molecule has 88 valence electrons. The SMILES string of the molecule is C=CCN(C)C(=O)c1c(N)c(CC)nn1C. The van der Waals surface area contributed by atoms with Crippen LogP contribution in [-0.4, -0.2) is 34.2 Å². The van der Waals surface area contributed by atoms with Crippen molar-refractivity contribution < 1.29 is 4.79 Å². The molecule has 0 aliphatic heterocycles. The second-order valence-corrected chi connectivity index (χ2v) is 3.66. The number of nitrogens with two attached hydrogens (primary N) is 1. The largest absolute Gasteiger partial charge is 0.395 e. The van der Waals surface area contributed by atoms with E-state index in [1.54, 1.807) is 25.1 Å². The van der Waals surface area contributed by atoms with Crippen molar-refractivity contribution in [3.05, 3.63) is 24.0 Å². The van der Waals surface area contributed by atoms with Crippen LogP contribution in [0.25, 0.3) is 0 Å². The van der Waals surface area contributed by atoms with Gasteiger partial charge in [0, 0.05) is 20.6 Å². The summed E-state index contributed by atoms with van der Waals surface area (Å²) in [6, 6.07) is 0. The lowest BCUT2D eigenvalue weighted by Gasteiger charge is -2.15. The van der Waals surface area contributed by atoms with Crippen molar-refractivity contribution in [1.82, 2.24) is 14.7 Å². The number of likely N-dealkylation sites (N-methyl/N-ethyl adjacent to an activating group) is 1. The minimum Gasteiger partial charge on any atom is -0.395 e. The molecule has 0 unspecified atom stereocenters. The Morgan fingerprint density at radius 2 is 2.31 bits per heavy atom. The minimum atomic E-state index is -0.132. The maximum Gasteiger partial charge on any atom is 0.274 e. The van der Waals surface area contributed by atoms with E-state index in [0.717, 1.165) is 12.1 Å². The number of amides is 1. The fourth-order valence-electron chi connectivity index (χ4n) is 1.57. The maximum atomic E-state index is 12.0. The number of carbonyl (C=O) groups excluding carboxylic acids is 1. The van der Waals surface area contributed by atoms with Crippen molar-refractivity contribution in [3.8, 4) is 0 Å². The molecule has 5 nitrogen and oxygen atoms in total. The molecule has 0 fully saturated rings. The summed E-state index contributed by atoms with van der Waals surface area (Å²) in [7, 11) is 3.44. The van der Waals surface area contributed by atoms with Crippen molar-refractivity contribution >= 4 is 11.6 Å². The molecule has 0 aliphatic carbocycles. The molecule has 0 atom stereocenters. The molecule has 1 rings (SSSR count). The van der Waals surface area contributed by atoms with E-state index in [-0.39, 0.29) is 5.91 Å². The van der Waals surface area contributed by atoms with Gasteiger partial charge in [-0.3, -0.25) is 9.48 Å². The van der Waals surface area contributed by atoms with Crippen LogP contribution in [0.2, 0.25) is 0 Å². The van der Waals surface area contributed by atoms with E-state index in [1.165, 1.54) is 4.68 Å². The zero-order valence-electron chi connectivity index (χ0n) is 10.0. The Morgan fingerprint density at radius 1 is 1.69 bits per heavy atom. The number of aryl methyl sites for hydroxylation is 2. The number of anilines is 1. The van der Waals surface area contributed by atoms with Gasteiger partial charge >= 0.3 is 0 Å². The van der Waals surface area contributed by atoms with Gasteiger partial charge in [-0.05, 0) is 6.42 Å². The molecular formula is C11H18N4O. The molecule has 1 heterocycles. The molecule has 2 N–H and O–H groups in total. The highest BCUT2D eigenvalue weighted by atomic mass is 16.2. The molecule has 0 aliphatic rings. The molecule has 0 aromatic carbocycles. The van der Waals surface area contributed by atoms with Crippen molar-refractivity contribution in [1.29, 1.82) is 0 Å². The van der Waals surface area contributed by atoms with Gasteiger partial charge in [-0.25, -0.2) is 0 Å². The van der Waals surface area contributed by atoms with Gasteiger partial charge in [0.2, 0.25) is 0 Å². The molecule has 0 saturated carbocycles. The number of aromatic nitrogens is 2. The van der Waals surface area contributed by atoms with E-state index in [4.69, 9.17) is 5.73 Å². The van der Waals surface area contributed by atoms with Crippen molar-refractivity contribution in [2.75, 3.05) is 19.3 Å². The van der Waals surface area contributed by atoms with Crippen LogP contribution in [0.15, 0.2) is 12.7 Å². The Labute approximate surface area is 95.5 Å². The summed E-state index contributed by atoms with van der Waals surface area (Å²) in [6.07, 6.45) is 2.39. The molecule has 0 spiro atoms. The highest BCUT2D eigenvalue weighted by Crippen LogP contribution is 2.18. The standard InChI is InChI=1S/C11H18N4O/c1-5-7-14(3)11(16)10-9(12)8(6-2)13-15(10)4/h5H,1,6-7,12H2,2-4H3. The quantitative estimate of drug-likeness (QED) is 0.767. The summed E-state index contributed by atoms with van der Waals surface area (Å²) in [5.74, 6) is -0.132. The molecular weight excluding hydrogens is 204 g/mol. The first kappa shape index (κ1) is 12.3. The monoisotopic (exact) mass is 222 g/mol. The number of hydrogen-bond acceptors (Lipinski definition) is 3. The Morgan fingerprint density at radius 3 is 2.75 bits per heavy atom. The van der Waals surface area contributed by atoms with E-state index in [9.17, 15) is 4.79 Å². The van der Waals surface area contributed by atoms with E-state index in [1.807, 2.05) is 6.92 Å². The molecule has 5 heteroatoms. The predicted octanol–water partition coefficient (Wildman–Crippen LogP) is 0.823. The summed E-state index contributed by atoms with van der Waals surface area (Å²) in [4.78, 5) is 13.6. The molecule has 1 aromatic rings. The maximum absolute atomic E-state index is 12.0. The zero-order valence-corrected chi connectivity index (χ0v) is 10.0. The third-order valence-electron chi connectivity index (χ3n) is 2.45. The molecule has 1 aromatic heterocycles. The summed E-state index contributed by atoms with van der Waals surface area (Å²) in [5.41, 5.74) is 7.58.